The van der Waals surface area contributed by atoms with Crippen LogP contribution in [0.1, 0.15) is 23.4 Å². The van der Waals surface area contributed by atoms with Crippen LogP contribution in [0.25, 0.3) is 0 Å². The number of carboxylic acid groups (broad SMARTS) is 1. The van der Waals surface area contributed by atoms with Crippen molar-refractivity contribution in [2.75, 3.05) is 0 Å². The lowest BCUT2D eigenvalue weighted by molar-refractivity contribution is -0.136. The summed E-state index contributed by atoms with van der Waals surface area (Å²) in [6.45, 7) is 0. The Balaban J connectivity index is 3.24. The summed E-state index contributed by atoms with van der Waals surface area (Å²) < 4.78 is 25.3. The van der Waals surface area contributed by atoms with Crippen molar-refractivity contribution in [2.45, 2.75) is 18.7 Å². The van der Waals surface area contributed by atoms with Crippen LogP contribution in [0.5, 0.6) is 0 Å². The highest BCUT2D eigenvalue weighted by Crippen LogP contribution is 2.27. The van der Waals surface area contributed by atoms with Crippen molar-refractivity contribution in [2.24, 2.45) is 0 Å². The second-order valence-corrected chi connectivity index (χ2v) is 4.03. The normalized spacial score (nSPS) is 10.8. The second-order valence-electron chi connectivity index (χ2n) is 2.97. The molecule has 0 aromatic carbocycles. The highest BCUT2D eigenvalue weighted by atomic mass is 79.9. The number of hydrogen-bond donors (Lipinski definition) is 1. The lowest BCUT2D eigenvalue weighted by Gasteiger charge is -2.09. The van der Waals surface area contributed by atoms with Gasteiger partial charge in [0, 0.05) is 4.47 Å². The van der Waals surface area contributed by atoms with E-state index in [-0.39, 0.29) is 23.6 Å². The number of alkyl halides is 3. The Kier molecular flexibility index (Phi) is 4.61. The van der Waals surface area contributed by atoms with Gasteiger partial charge in [-0.15, -0.1) is 11.6 Å². The average Bonchev–Trinajstić information content (AvgIpc) is 2.20. The number of rotatable bonds is 4. The van der Waals surface area contributed by atoms with Gasteiger partial charge in [0.1, 0.15) is 5.69 Å². The van der Waals surface area contributed by atoms with Gasteiger partial charge in [0.25, 0.3) is 6.43 Å². The summed E-state index contributed by atoms with van der Waals surface area (Å²) in [7, 11) is 0. The van der Waals surface area contributed by atoms with E-state index in [4.69, 9.17) is 16.7 Å². The molecule has 0 saturated heterocycles. The molecule has 1 aromatic rings. The van der Waals surface area contributed by atoms with Gasteiger partial charge in [0.15, 0.2) is 0 Å². The van der Waals surface area contributed by atoms with Gasteiger partial charge >= 0.3 is 5.97 Å². The van der Waals surface area contributed by atoms with Gasteiger partial charge in [-0.2, -0.15) is 0 Å². The lowest BCUT2D eigenvalue weighted by Crippen LogP contribution is -2.06. The zero-order valence-corrected chi connectivity index (χ0v) is 10.2. The number of carboxylic acids is 1. The second kappa shape index (κ2) is 5.54. The average molecular weight is 315 g/mol. The minimum atomic E-state index is -2.75. The molecule has 3 nitrogen and oxygen atoms in total. The fourth-order valence-electron chi connectivity index (χ4n) is 1.16. The summed E-state index contributed by atoms with van der Waals surface area (Å²) in [6, 6.07) is 1.07. The van der Waals surface area contributed by atoms with E-state index < -0.39 is 18.1 Å². The van der Waals surface area contributed by atoms with E-state index in [0.717, 1.165) is 6.07 Å². The molecule has 0 aliphatic heterocycles. The number of pyridine rings is 1. The molecule has 0 fully saturated rings. The molecule has 0 radical (unpaired) electrons. The molecule has 1 N–H and O–H groups in total. The molecule has 0 aliphatic carbocycles. The molecule has 0 bridgehead atoms. The van der Waals surface area contributed by atoms with Gasteiger partial charge in [-0.25, -0.2) is 13.8 Å². The molecule has 0 saturated carbocycles. The zero-order chi connectivity index (χ0) is 12.3. The number of hydrogen-bond acceptors (Lipinski definition) is 2. The Labute approximate surface area is 104 Å². The molecule has 1 rings (SSSR count). The van der Waals surface area contributed by atoms with Crippen LogP contribution in [0.3, 0.4) is 0 Å². The standard InChI is InChI=1S/C9H7BrClF2NO2/c10-8-4(2-7(15)16)1-5(9(12)13)14-6(8)3-11/h1,9H,2-3H2,(H,15,16). The molecule has 1 heterocycles. The topological polar surface area (TPSA) is 50.2 Å². The fourth-order valence-corrected chi connectivity index (χ4v) is 1.99. The van der Waals surface area contributed by atoms with Gasteiger partial charge in [0.05, 0.1) is 18.0 Å². The molecule has 0 spiro atoms. The summed E-state index contributed by atoms with van der Waals surface area (Å²) in [6.07, 6.45) is -3.10. The Morgan fingerprint density at radius 2 is 2.25 bits per heavy atom. The molecule has 88 valence electrons. The largest absolute Gasteiger partial charge is 0.481 e. The number of nitrogens with zero attached hydrogens (tertiary/aromatic N) is 1. The summed E-state index contributed by atoms with van der Waals surface area (Å²) in [5, 5.41) is 8.62. The molecule has 0 unspecified atom stereocenters. The van der Waals surface area contributed by atoms with Crippen molar-refractivity contribution in [3.63, 3.8) is 0 Å². The highest BCUT2D eigenvalue weighted by Gasteiger charge is 2.17. The molecule has 1 aromatic heterocycles. The van der Waals surface area contributed by atoms with Crippen molar-refractivity contribution < 1.29 is 18.7 Å². The van der Waals surface area contributed by atoms with Gasteiger partial charge in [-0.05, 0) is 27.6 Å². The van der Waals surface area contributed by atoms with Crippen molar-refractivity contribution in [3.8, 4) is 0 Å². The van der Waals surface area contributed by atoms with E-state index >= 15 is 0 Å². The molecular formula is C9H7BrClF2NO2. The Hall–Kier alpha value is -0.750. The number of halogens is 4. The third-order valence-corrected chi connectivity index (χ3v) is 3.03. The predicted molar refractivity (Wildman–Crippen MR) is 57.8 cm³/mol. The minimum absolute atomic E-state index is 0.0617. The number of aromatic nitrogens is 1. The predicted octanol–water partition coefficient (Wildman–Crippen LogP) is 3.15. The maximum atomic E-state index is 12.5. The van der Waals surface area contributed by atoms with Gasteiger partial charge in [-0.3, -0.25) is 4.79 Å². The van der Waals surface area contributed by atoms with E-state index in [1.165, 1.54) is 0 Å². The van der Waals surface area contributed by atoms with Crippen LogP contribution in [0.4, 0.5) is 8.78 Å². The summed E-state index contributed by atoms with van der Waals surface area (Å²) in [5.41, 5.74) is -0.000679. The van der Waals surface area contributed by atoms with Crippen molar-refractivity contribution in [3.05, 3.63) is 27.5 Å². The first-order chi connectivity index (χ1) is 7.45. The molecule has 0 amide bonds. The Morgan fingerprint density at radius 3 is 2.69 bits per heavy atom. The molecule has 7 heteroatoms. The smallest absolute Gasteiger partial charge is 0.307 e. The van der Waals surface area contributed by atoms with Crippen molar-refractivity contribution in [1.82, 2.24) is 4.98 Å². The Bertz CT molecular complexity index is 415. The van der Waals surface area contributed by atoms with E-state index in [2.05, 4.69) is 20.9 Å². The van der Waals surface area contributed by atoms with Crippen LogP contribution < -0.4 is 0 Å². The van der Waals surface area contributed by atoms with Crippen LogP contribution in [-0.2, 0) is 17.1 Å². The third-order valence-electron chi connectivity index (χ3n) is 1.81. The first-order valence-corrected chi connectivity index (χ1v) is 5.52. The molecule has 0 atom stereocenters. The summed E-state index contributed by atoms with van der Waals surface area (Å²) >= 11 is 8.63. The van der Waals surface area contributed by atoms with E-state index in [1.54, 1.807) is 0 Å². The van der Waals surface area contributed by atoms with Gasteiger partial charge < -0.3 is 5.11 Å². The van der Waals surface area contributed by atoms with Crippen molar-refractivity contribution >= 4 is 33.5 Å². The van der Waals surface area contributed by atoms with Gasteiger partial charge in [-0.1, -0.05) is 0 Å². The SMILES string of the molecule is O=C(O)Cc1cc(C(F)F)nc(CCl)c1Br. The van der Waals surface area contributed by atoms with Crippen LogP contribution in [0.2, 0.25) is 0 Å². The quantitative estimate of drug-likeness (QED) is 0.869. The van der Waals surface area contributed by atoms with Crippen LogP contribution in [0, 0.1) is 0 Å². The van der Waals surface area contributed by atoms with Crippen LogP contribution in [0.15, 0.2) is 10.5 Å². The number of aliphatic carboxylic acids is 1. The van der Waals surface area contributed by atoms with E-state index in [9.17, 15) is 13.6 Å². The fraction of sp³-hybridized carbons (Fsp3) is 0.333. The third kappa shape index (κ3) is 3.12. The van der Waals surface area contributed by atoms with E-state index in [1.807, 2.05) is 0 Å². The zero-order valence-electron chi connectivity index (χ0n) is 7.88. The monoisotopic (exact) mass is 313 g/mol. The molecule has 16 heavy (non-hydrogen) atoms. The Morgan fingerprint density at radius 1 is 1.62 bits per heavy atom. The highest BCUT2D eigenvalue weighted by molar-refractivity contribution is 9.10. The first-order valence-electron chi connectivity index (χ1n) is 4.19. The van der Waals surface area contributed by atoms with Crippen LogP contribution >= 0.6 is 27.5 Å². The van der Waals surface area contributed by atoms with Gasteiger partial charge in [0.2, 0.25) is 0 Å². The van der Waals surface area contributed by atoms with Crippen LogP contribution in [-0.4, -0.2) is 16.1 Å². The maximum absolute atomic E-state index is 12.5. The summed E-state index contributed by atoms with van der Waals surface area (Å²) in [5.74, 6) is -1.17. The first kappa shape index (κ1) is 13.3. The molecule has 0 aliphatic rings. The van der Waals surface area contributed by atoms with Crippen molar-refractivity contribution in [1.29, 1.82) is 0 Å². The lowest BCUT2D eigenvalue weighted by atomic mass is 10.1. The number of carbonyl (C=O) groups is 1. The summed E-state index contributed by atoms with van der Waals surface area (Å²) in [4.78, 5) is 14.2. The minimum Gasteiger partial charge on any atom is -0.481 e. The maximum Gasteiger partial charge on any atom is 0.307 e. The molecular weight excluding hydrogens is 307 g/mol. The van der Waals surface area contributed by atoms with E-state index in [0.29, 0.717) is 4.47 Å².